The predicted molar refractivity (Wildman–Crippen MR) is 65.7 cm³/mol. The quantitative estimate of drug-likeness (QED) is 0.743. The molecular formula is C13H18F3NO. The van der Waals surface area contributed by atoms with E-state index in [0.717, 1.165) is 6.08 Å². The third kappa shape index (κ3) is 6.27. The van der Waals surface area contributed by atoms with Crippen molar-refractivity contribution in [3.05, 3.63) is 36.1 Å². The number of ketones is 1. The van der Waals surface area contributed by atoms with Gasteiger partial charge in [-0.3, -0.25) is 4.79 Å². The molecule has 102 valence electrons. The van der Waals surface area contributed by atoms with Gasteiger partial charge in [-0.25, -0.2) is 0 Å². The van der Waals surface area contributed by atoms with Crippen molar-refractivity contribution >= 4 is 5.78 Å². The first kappa shape index (κ1) is 16.5. The Bertz CT molecular complexity index is 365. The van der Waals surface area contributed by atoms with Gasteiger partial charge in [0.05, 0.1) is 0 Å². The predicted octanol–water partition coefficient (Wildman–Crippen LogP) is 3.51. The number of hydrogen-bond donors (Lipinski definition) is 1. The lowest BCUT2D eigenvalue weighted by Gasteiger charge is -2.06. The highest BCUT2D eigenvalue weighted by Crippen LogP contribution is 2.21. The Morgan fingerprint density at radius 1 is 1.28 bits per heavy atom. The van der Waals surface area contributed by atoms with Gasteiger partial charge >= 0.3 is 6.18 Å². The van der Waals surface area contributed by atoms with Crippen LogP contribution in [-0.4, -0.2) is 12.0 Å². The first-order valence-corrected chi connectivity index (χ1v) is 5.57. The molecule has 0 unspecified atom stereocenters. The van der Waals surface area contributed by atoms with E-state index >= 15 is 0 Å². The summed E-state index contributed by atoms with van der Waals surface area (Å²) in [6.45, 7) is 7.05. The van der Waals surface area contributed by atoms with Crippen LogP contribution in [0.25, 0.3) is 0 Å². The lowest BCUT2D eigenvalue weighted by Crippen LogP contribution is -2.18. The van der Waals surface area contributed by atoms with Gasteiger partial charge in [-0.05, 0) is 18.1 Å². The fourth-order valence-corrected chi connectivity index (χ4v) is 1.10. The average molecular weight is 261 g/mol. The average Bonchev–Trinajstić information content (AvgIpc) is 2.26. The summed E-state index contributed by atoms with van der Waals surface area (Å²) >= 11 is 0. The molecule has 0 rings (SSSR count). The monoisotopic (exact) mass is 261 g/mol. The zero-order valence-corrected chi connectivity index (χ0v) is 10.6. The molecule has 0 bridgehead atoms. The summed E-state index contributed by atoms with van der Waals surface area (Å²) in [7, 11) is 0. The molecule has 0 saturated carbocycles. The SMILES string of the molecule is C=C/C(=C\C=C(/N)C(F)(F)F)CCC(=O)C(C)C. The Morgan fingerprint density at radius 2 is 1.83 bits per heavy atom. The summed E-state index contributed by atoms with van der Waals surface area (Å²) in [4.78, 5) is 11.4. The van der Waals surface area contributed by atoms with E-state index in [9.17, 15) is 18.0 Å². The van der Waals surface area contributed by atoms with Crippen LogP contribution in [0.4, 0.5) is 13.2 Å². The van der Waals surface area contributed by atoms with Crippen LogP contribution >= 0.6 is 0 Å². The van der Waals surface area contributed by atoms with Gasteiger partial charge < -0.3 is 5.73 Å². The maximum absolute atomic E-state index is 12.1. The first-order valence-electron chi connectivity index (χ1n) is 5.57. The van der Waals surface area contributed by atoms with Crippen LogP contribution in [0.1, 0.15) is 26.7 Å². The van der Waals surface area contributed by atoms with Crippen molar-refractivity contribution in [3.8, 4) is 0 Å². The van der Waals surface area contributed by atoms with Crippen LogP contribution in [0.3, 0.4) is 0 Å². The summed E-state index contributed by atoms with van der Waals surface area (Å²) in [5.74, 6) is -0.0117. The number of allylic oxidation sites excluding steroid dienone is 5. The van der Waals surface area contributed by atoms with Crippen LogP contribution in [0.5, 0.6) is 0 Å². The van der Waals surface area contributed by atoms with Crippen molar-refractivity contribution in [2.24, 2.45) is 11.7 Å². The highest BCUT2D eigenvalue weighted by atomic mass is 19.4. The van der Waals surface area contributed by atoms with Crippen LogP contribution in [-0.2, 0) is 4.79 Å². The van der Waals surface area contributed by atoms with Crippen LogP contribution in [0.2, 0.25) is 0 Å². The zero-order valence-electron chi connectivity index (χ0n) is 10.6. The topological polar surface area (TPSA) is 43.1 Å². The van der Waals surface area contributed by atoms with E-state index in [0.29, 0.717) is 12.0 Å². The van der Waals surface area contributed by atoms with Gasteiger partial charge in [0, 0.05) is 12.3 Å². The standard InChI is InChI=1S/C13H18F3NO/c1-4-10(5-7-11(18)9(2)3)6-8-12(17)13(14,15)16/h4,6,8-9H,1,5,7,17H2,2-3H3/b10-6+,12-8-. The number of hydrogen-bond acceptors (Lipinski definition) is 2. The molecule has 18 heavy (non-hydrogen) atoms. The third-order valence-electron chi connectivity index (χ3n) is 2.37. The van der Waals surface area contributed by atoms with Gasteiger partial charge in [0.25, 0.3) is 0 Å². The Hall–Kier alpha value is -1.52. The van der Waals surface area contributed by atoms with E-state index in [-0.39, 0.29) is 18.1 Å². The van der Waals surface area contributed by atoms with E-state index < -0.39 is 11.9 Å². The zero-order chi connectivity index (χ0) is 14.3. The third-order valence-corrected chi connectivity index (χ3v) is 2.37. The fourth-order valence-electron chi connectivity index (χ4n) is 1.10. The van der Waals surface area contributed by atoms with E-state index in [2.05, 4.69) is 6.58 Å². The molecule has 0 aromatic heterocycles. The molecule has 0 aromatic carbocycles. The van der Waals surface area contributed by atoms with Gasteiger partial charge in [-0.2, -0.15) is 13.2 Å². The molecule has 0 aliphatic rings. The molecule has 5 heteroatoms. The van der Waals surface area contributed by atoms with Crippen molar-refractivity contribution in [1.29, 1.82) is 0 Å². The number of carbonyl (C=O) groups is 1. The molecule has 0 amide bonds. The van der Waals surface area contributed by atoms with E-state index in [1.807, 2.05) is 0 Å². The lowest BCUT2D eigenvalue weighted by atomic mass is 10.0. The molecule has 0 radical (unpaired) electrons. The second-order valence-electron chi connectivity index (χ2n) is 4.19. The summed E-state index contributed by atoms with van der Waals surface area (Å²) in [5, 5.41) is 0. The van der Waals surface area contributed by atoms with E-state index in [4.69, 9.17) is 5.73 Å². The van der Waals surface area contributed by atoms with E-state index in [1.54, 1.807) is 13.8 Å². The molecule has 2 N–H and O–H groups in total. The molecule has 0 saturated heterocycles. The second-order valence-corrected chi connectivity index (χ2v) is 4.19. The van der Waals surface area contributed by atoms with Crippen molar-refractivity contribution in [1.82, 2.24) is 0 Å². The Balaban J connectivity index is 4.61. The van der Waals surface area contributed by atoms with Gasteiger partial charge in [-0.15, -0.1) is 0 Å². The largest absolute Gasteiger partial charge is 0.430 e. The van der Waals surface area contributed by atoms with Crippen LogP contribution in [0.15, 0.2) is 36.1 Å². The van der Waals surface area contributed by atoms with E-state index in [1.165, 1.54) is 12.2 Å². The molecule has 0 aromatic rings. The molecule has 0 atom stereocenters. The number of nitrogens with two attached hydrogens (primary N) is 1. The minimum absolute atomic E-state index is 0.0653. The normalized spacial score (nSPS) is 13.9. The first-order chi connectivity index (χ1) is 8.18. The van der Waals surface area contributed by atoms with Crippen molar-refractivity contribution in [2.45, 2.75) is 32.9 Å². The Labute approximate surface area is 105 Å². The molecule has 0 aliphatic heterocycles. The van der Waals surface area contributed by atoms with Gasteiger partial charge in [0.1, 0.15) is 11.5 Å². The minimum Gasteiger partial charge on any atom is -0.395 e. The number of halogens is 3. The van der Waals surface area contributed by atoms with Crippen LogP contribution in [0, 0.1) is 5.92 Å². The second kappa shape index (κ2) is 7.03. The van der Waals surface area contributed by atoms with Crippen molar-refractivity contribution in [3.63, 3.8) is 0 Å². The van der Waals surface area contributed by atoms with Crippen molar-refractivity contribution < 1.29 is 18.0 Å². The fraction of sp³-hybridized carbons (Fsp3) is 0.462. The van der Waals surface area contributed by atoms with Crippen LogP contribution < -0.4 is 5.73 Å². The maximum Gasteiger partial charge on any atom is 0.430 e. The summed E-state index contributed by atoms with van der Waals surface area (Å²) in [6.07, 6.45) is -0.429. The smallest absolute Gasteiger partial charge is 0.395 e. The molecule has 0 aliphatic carbocycles. The minimum atomic E-state index is -4.53. The van der Waals surface area contributed by atoms with Gasteiger partial charge in [0.15, 0.2) is 0 Å². The highest BCUT2D eigenvalue weighted by molar-refractivity contribution is 5.80. The molecule has 2 nitrogen and oxygen atoms in total. The Morgan fingerprint density at radius 3 is 2.22 bits per heavy atom. The number of alkyl halides is 3. The molecule has 0 fully saturated rings. The molecular weight excluding hydrogens is 243 g/mol. The lowest BCUT2D eigenvalue weighted by molar-refractivity contribution is -0.121. The Kier molecular flexibility index (Phi) is 6.44. The number of rotatable bonds is 6. The maximum atomic E-state index is 12.1. The van der Waals surface area contributed by atoms with Gasteiger partial charge in [-0.1, -0.05) is 32.6 Å². The number of carbonyl (C=O) groups excluding carboxylic acids is 1. The molecule has 0 spiro atoms. The summed E-state index contributed by atoms with van der Waals surface area (Å²) in [6, 6.07) is 0. The summed E-state index contributed by atoms with van der Waals surface area (Å²) < 4.78 is 36.4. The summed E-state index contributed by atoms with van der Waals surface area (Å²) in [5.41, 5.74) is 4.23. The molecule has 0 heterocycles. The number of Topliss-reactive ketones (excluding diaryl/α,β-unsaturated/α-hetero) is 1. The van der Waals surface area contributed by atoms with Gasteiger partial charge in [0.2, 0.25) is 0 Å². The highest BCUT2D eigenvalue weighted by Gasteiger charge is 2.30. The van der Waals surface area contributed by atoms with Crippen molar-refractivity contribution in [2.75, 3.05) is 0 Å².